The third-order valence-electron chi connectivity index (χ3n) is 4.01. The maximum absolute atomic E-state index is 9.65. The normalized spacial score (nSPS) is 23.1. The molecule has 1 saturated heterocycles. The standard InChI is InChI=1S/C18H21NO2/c20-14-17-18(16-9-5-2-6-10-16)19(11-12-21-17)13-15-7-3-1-4-8-15/h1-10,17-18,20H,11-14H2/t17-,18+/m0/s1. The zero-order valence-electron chi connectivity index (χ0n) is 12.1. The quantitative estimate of drug-likeness (QED) is 0.936. The van der Waals surface area contributed by atoms with Gasteiger partial charge in [-0.25, -0.2) is 0 Å². The van der Waals surface area contributed by atoms with Crippen molar-refractivity contribution < 1.29 is 9.84 Å². The molecule has 1 aliphatic heterocycles. The highest BCUT2D eigenvalue weighted by Crippen LogP contribution is 2.30. The summed E-state index contributed by atoms with van der Waals surface area (Å²) >= 11 is 0. The van der Waals surface area contributed by atoms with Gasteiger partial charge in [0.25, 0.3) is 0 Å². The highest BCUT2D eigenvalue weighted by molar-refractivity contribution is 5.22. The van der Waals surface area contributed by atoms with Crippen molar-refractivity contribution in [3.63, 3.8) is 0 Å². The summed E-state index contributed by atoms with van der Waals surface area (Å²) in [5, 5.41) is 9.65. The highest BCUT2D eigenvalue weighted by atomic mass is 16.5. The fraction of sp³-hybridized carbons (Fsp3) is 0.333. The van der Waals surface area contributed by atoms with Crippen molar-refractivity contribution in [3.05, 3.63) is 71.8 Å². The van der Waals surface area contributed by atoms with Gasteiger partial charge in [0, 0.05) is 13.1 Å². The van der Waals surface area contributed by atoms with Gasteiger partial charge in [-0.15, -0.1) is 0 Å². The second-order valence-corrected chi connectivity index (χ2v) is 5.40. The van der Waals surface area contributed by atoms with Gasteiger partial charge in [0.05, 0.1) is 19.3 Å². The Bertz CT molecular complexity index is 544. The molecule has 2 atom stereocenters. The minimum absolute atomic E-state index is 0.0465. The zero-order valence-corrected chi connectivity index (χ0v) is 12.1. The Balaban J connectivity index is 1.85. The van der Waals surface area contributed by atoms with Crippen molar-refractivity contribution in [1.29, 1.82) is 0 Å². The number of nitrogens with zero attached hydrogens (tertiary/aromatic N) is 1. The number of ether oxygens (including phenoxy) is 1. The molecule has 1 aliphatic rings. The molecule has 0 aromatic heterocycles. The Morgan fingerprint density at radius 2 is 1.67 bits per heavy atom. The van der Waals surface area contributed by atoms with Crippen LogP contribution in [0.1, 0.15) is 17.2 Å². The molecule has 3 nitrogen and oxygen atoms in total. The summed E-state index contributed by atoms with van der Waals surface area (Å²) in [4.78, 5) is 2.40. The fourth-order valence-corrected chi connectivity index (χ4v) is 3.01. The average Bonchev–Trinajstić information content (AvgIpc) is 2.56. The monoisotopic (exact) mass is 283 g/mol. The Kier molecular flexibility index (Phi) is 4.65. The van der Waals surface area contributed by atoms with Crippen LogP contribution < -0.4 is 0 Å². The van der Waals surface area contributed by atoms with Crippen LogP contribution in [0.5, 0.6) is 0 Å². The zero-order chi connectivity index (χ0) is 14.5. The smallest absolute Gasteiger partial charge is 0.100 e. The number of aliphatic hydroxyl groups is 1. The van der Waals surface area contributed by atoms with Crippen LogP contribution in [0.2, 0.25) is 0 Å². The van der Waals surface area contributed by atoms with Crippen LogP contribution in [0.4, 0.5) is 0 Å². The lowest BCUT2D eigenvalue weighted by Gasteiger charge is -2.41. The highest BCUT2D eigenvalue weighted by Gasteiger charge is 2.32. The molecule has 0 aliphatic carbocycles. The minimum atomic E-state index is -0.162. The third-order valence-corrected chi connectivity index (χ3v) is 4.01. The summed E-state index contributed by atoms with van der Waals surface area (Å²) in [5.41, 5.74) is 2.49. The SMILES string of the molecule is OC[C@@H]1OCCN(Cc2ccccc2)[C@@H]1c1ccccc1. The van der Waals surface area contributed by atoms with Crippen molar-refractivity contribution in [2.45, 2.75) is 18.7 Å². The molecular formula is C18H21NO2. The first-order valence-corrected chi connectivity index (χ1v) is 7.44. The summed E-state index contributed by atoms with van der Waals surface area (Å²) in [7, 11) is 0. The van der Waals surface area contributed by atoms with Crippen molar-refractivity contribution >= 4 is 0 Å². The lowest BCUT2D eigenvalue weighted by atomic mass is 9.97. The van der Waals surface area contributed by atoms with E-state index in [0.29, 0.717) is 6.61 Å². The molecule has 2 aromatic rings. The van der Waals surface area contributed by atoms with Crippen LogP contribution in [0.3, 0.4) is 0 Å². The molecule has 1 N–H and O–H groups in total. The molecule has 0 spiro atoms. The molecular weight excluding hydrogens is 262 g/mol. The summed E-state index contributed by atoms with van der Waals surface area (Å²) in [6.07, 6.45) is -0.162. The number of aliphatic hydroxyl groups excluding tert-OH is 1. The van der Waals surface area contributed by atoms with Gasteiger partial charge in [-0.2, -0.15) is 0 Å². The van der Waals surface area contributed by atoms with Gasteiger partial charge in [0.2, 0.25) is 0 Å². The first kappa shape index (κ1) is 14.3. The third kappa shape index (κ3) is 3.32. The van der Waals surface area contributed by atoms with Gasteiger partial charge in [-0.1, -0.05) is 60.7 Å². The minimum Gasteiger partial charge on any atom is -0.394 e. The maximum Gasteiger partial charge on any atom is 0.100 e. The van der Waals surface area contributed by atoms with E-state index >= 15 is 0 Å². The summed E-state index contributed by atoms with van der Waals surface area (Å²) < 4.78 is 5.77. The number of rotatable bonds is 4. The second-order valence-electron chi connectivity index (χ2n) is 5.40. The second kappa shape index (κ2) is 6.85. The van der Waals surface area contributed by atoms with Gasteiger partial charge in [0.1, 0.15) is 6.10 Å². The van der Waals surface area contributed by atoms with Crippen molar-refractivity contribution in [1.82, 2.24) is 4.90 Å². The molecule has 3 heteroatoms. The van der Waals surface area contributed by atoms with E-state index in [4.69, 9.17) is 4.74 Å². The predicted molar refractivity (Wildman–Crippen MR) is 82.9 cm³/mol. The first-order chi connectivity index (χ1) is 10.4. The number of hydrogen-bond donors (Lipinski definition) is 1. The van der Waals surface area contributed by atoms with Crippen LogP contribution in [-0.2, 0) is 11.3 Å². The Morgan fingerprint density at radius 1 is 1.00 bits per heavy atom. The molecule has 2 aromatic carbocycles. The largest absolute Gasteiger partial charge is 0.394 e. The van der Waals surface area contributed by atoms with Gasteiger partial charge < -0.3 is 9.84 Å². The van der Waals surface area contributed by atoms with E-state index in [2.05, 4.69) is 41.3 Å². The van der Waals surface area contributed by atoms with Crippen molar-refractivity contribution in [3.8, 4) is 0 Å². The van der Waals surface area contributed by atoms with Gasteiger partial charge >= 0.3 is 0 Å². The van der Waals surface area contributed by atoms with Crippen LogP contribution >= 0.6 is 0 Å². The van der Waals surface area contributed by atoms with E-state index in [-0.39, 0.29) is 18.8 Å². The van der Waals surface area contributed by atoms with Crippen LogP contribution in [0.15, 0.2) is 60.7 Å². The van der Waals surface area contributed by atoms with Crippen LogP contribution in [-0.4, -0.2) is 35.9 Å². The molecule has 0 radical (unpaired) electrons. The van der Waals surface area contributed by atoms with E-state index in [1.165, 1.54) is 11.1 Å². The maximum atomic E-state index is 9.65. The Hall–Kier alpha value is -1.68. The van der Waals surface area contributed by atoms with Crippen LogP contribution in [0.25, 0.3) is 0 Å². The fourth-order valence-electron chi connectivity index (χ4n) is 3.01. The average molecular weight is 283 g/mol. The van der Waals surface area contributed by atoms with Crippen molar-refractivity contribution in [2.75, 3.05) is 19.8 Å². The molecule has 21 heavy (non-hydrogen) atoms. The van der Waals surface area contributed by atoms with E-state index in [1.807, 2.05) is 24.3 Å². The van der Waals surface area contributed by atoms with E-state index < -0.39 is 0 Å². The van der Waals surface area contributed by atoms with E-state index in [9.17, 15) is 5.11 Å². The Labute approximate surface area is 125 Å². The lowest BCUT2D eigenvalue weighted by molar-refractivity contribution is -0.0960. The van der Waals surface area contributed by atoms with Gasteiger partial charge in [0.15, 0.2) is 0 Å². The molecule has 0 saturated carbocycles. The van der Waals surface area contributed by atoms with E-state index in [1.54, 1.807) is 0 Å². The lowest BCUT2D eigenvalue weighted by Crippen LogP contribution is -2.46. The van der Waals surface area contributed by atoms with Gasteiger partial charge in [-0.05, 0) is 11.1 Å². The summed E-state index contributed by atoms with van der Waals surface area (Å²) in [5.74, 6) is 0. The summed E-state index contributed by atoms with van der Waals surface area (Å²) in [6.45, 7) is 2.47. The number of hydrogen-bond acceptors (Lipinski definition) is 3. The molecule has 110 valence electrons. The summed E-state index contributed by atoms with van der Waals surface area (Å²) in [6, 6.07) is 20.9. The Morgan fingerprint density at radius 3 is 2.33 bits per heavy atom. The molecule has 0 amide bonds. The predicted octanol–water partition coefficient (Wildman–Crippen LogP) is 2.62. The topological polar surface area (TPSA) is 32.7 Å². The number of benzene rings is 2. The molecule has 1 heterocycles. The molecule has 0 bridgehead atoms. The first-order valence-electron chi connectivity index (χ1n) is 7.44. The van der Waals surface area contributed by atoms with Gasteiger partial charge in [-0.3, -0.25) is 4.90 Å². The van der Waals surface area contributed by atoms with Crippen LogP contribution in [0, 0.1) is 0 Å². The van der Waals surface area contributed by atoms with E-state index in [0.717, 1.165) is 13.1 Å². The molecule has 3 rings (SSSR count). The molecule has 1 fully saturated rings. The van der Waals surface area contributed by atoms with Crippen molar-refractivity contribution in [2.24, 2.45) is 0 Å². The number of morpholine rings is 1. The molecule has 0 unspecified atom stereocenters.